The fourth-order valence-electron chi connectivity index (χ4n) is 9.18. The minimum absolute atomic E-state index is 0.138. The van der Waals surface area contributed by atoms with E-state index in [1.54, 1.807) is 0 Å². The fraction of sp³-hybridized carbons (Fsp3) is 0.115. The summed E-state index contributed by atoms with van der Waals surface area (Å²) in [6, 6.07) is 57.9. The predicted octanol–water partition coefficient (Wildman–Crippen LogP) is 12.7. The van der Waals surface area contributed by atoms with Crippen LogP contribution in [0.3, 0.4) is 0 Å². The Hall–Kier alpha value is -7.18. The quantitative estimate of drug-likeness (QED) is 0.176. The standard InChI is InChI=1S/C52H40N6/c1-51(2)41-20-12-14-22-45(41)57-32-53-52(3,4)46-38(28-29-42(51)47(46)57)34-25-23-33(24-26-34)37-27-30-44-40(31-37)39-19-11-13-21-43(39)58(44)50-55-48(35-15-7-5-8-16-35)54-49(56-50)36-17-9-6-10-18-36/h5-32H,1-4H3. The van der Waals surface area contributed by atoms with Gasteiger partial charge in [0.25, 0.3) is 0 Å². The highest BCUT2D eigenvalue weighted by atomic mass is 15.2. The zero-order chi connectivity index (χ0) is 39.2. The van der Waals surface area contributed by atoms with Gasteiger partial charge in [-0.25, -0.2) is 4.98 Å². The topological polar surface area (TPSA) is 59.2 Å². The highest BCUT2D eigenvalue weighted by molar-refractivity contribution is 6.10. The maximum Gasteiger partial charge on any atom is 0.238 e. The average Bonchev–Trinajstić information content (AvgIpc) is 3.60. The van der Waals surface area contributed by atoms with Crippen LogP contribution in [0, 0.1) is 0 Å². The van der Waals surface area contributed by atoms with Crippen molar-refractivity contribution in [3.63, 3.8) is 0 Å². The minimum Gasteiger partial charge on any atom is -0.300 e. The van der Waals surface area contributed by atoms with E-state index in [4.69, 9.17) is 19.9 Å². The van der Waals surface area contributed by atoms with Gasteiger partial charge in [-0.1, -0.05) is 153 Å². The van der Waals surface area contributed by atoms with E-state index in [2.05, 4.69) is 140 Å². The van der Waals surface area contributed by atoms with Crippen molar-refractivity contribution in [1.29, 1.82) is 0 Å². The Balaban J connectivity index is 1.02. The number of aromatic nitrogens is 4. The third-order valence-corrected chi connectivity index (χ3v) is 12.1. The second-order valence-corrected chi connectivity index (χ2v) is 16.4. The summed E-state index contributed by atoms with van der Waals surface area (Å²) in [7, 11) is 0. The van der Waals surface area contributed by atoms with Gasteiger partial charge < -0.3 is 4.90 Å². The Labute approximate surface area is 337 Å². The van der Waals surface area contributed by atoms with Gasteiger partial charge >= 0.3 is 0 Å². The van der Waals surface area contributed by atoms with Crippen molar-refractivity contribution in [2.45, 2.75) is 38.6 Å². The van der Waals surface area contributed by atoms with Gasteiger partial charge in [-0.05, 0) is 71.5 Å². The first-order valence-corrected chi connectivity index (χ1v) is 19.9. The monoisotopic (exact) mass is 748 g/mol. The smallest absolute Gasteiger partial charge is 0.238 e. The molecular weight excluding hydrogens is 709 g/mol. The molecule has 0 saturated carbocycles. The van der Waals surface area contributed by atoms with Gasteiger partial charge in [-0.2, -0.15) is 9.97 Å². The summed E-state index contributed by atoms with van der Waals surface area (Å²) < 4.78 is 2.17. The highest BCUT2D eigenvalue weighted by Crippen LogP contribution is 2.55. The molecule has 58 heavy (non-hydrogen) atoms. The van der Waals surface area contributed by atoms with Crippen LogP contribution < -0.4 is 4.90 Å². The van der Waals surface area contributed by atoms with E-state index in [0.717, 1.165) is 44.1 Å². The third kappa shape index (κ3) is 5.18. The van der Waals surface area contributed by atoms with Crippen LogP contribution in [0.2, 0.25) is 0 Å². The largest absolute Gasteiger partial charge is 0.300 e. The van der Waals surface area contributed by atoms with E-state index >= 15 is 0 Å². The Morgan fingerprint density at radius 3 is 1.79 bits per heavy atom. The molecule has 0 fully saturated rings. The molecule has 2 aliphatic heterocycles. The molecule has 0 saturated heterocycles. The molecule has 6 nitrogen and oxygen atoms in total. The lowest BCUT2D eigenvalue weighted by Gasteiger charge is -2.45. The van der Waals surface area contributed by atoms with Gasteiger partial charge in [-0.3, -0.25) is 9.56 Å². The average molecular weight is 749 g/mol. The van der Waals surface area contributed by atoms with Gasteiger partial charge in [-0.15, -0.1) is 0 Å². The summed E-state index contributed by atoms with van der Waals surface area (Å²) in [5.74, 6) is 1.86. The molecule has 2 aromatic heterocycles. The van der Waals surface area contributed by atoms with Crippen molar-refractivity contribution in [2.24, 2.45) is 4.99 Å². The van der Waals surface area contributed by atoms with Crippen LogP contribution in [-0.4, -0.2) is 25.9 Å². The molecule has 0 N–H and O–H groups in total. The molecule has 0 atom stereocenters. The molecule has 0 amide bonds. The second-order valence-electron chi connectivity index (χ2n) is 16.4. The van der Waals surface area contributed by atoms with E-state index in [1.165, 1.54) is 39.2 Å². The van der Waals surface area contributed by atoms with Crippen molar-refractivity contribution in [1.82, 2.24) is 19.5 Å². The number of rotatable bonds is 5. The van der Waals surface area contributed by atoms with Crippen LogP contribution in [0.15, 0.2) is 169 Å². The SMILES string of the molecule is CC1(C)N=CN2c3ccccc3C(C)(C)c3ccc(-c4ccc(-c5ccc6c(c5)c5ccccc5n6-c5nc(-c6ccccc6)nc(-c6ccccc6)n5)cc4)c1c32. The molecular formula is C52H40N6. The zero-order valence-electron chi connectivity index (χ0n) is 32.8. The van der Waals surface area contributed by atoms with E-state index < -0.39 is 0 Å². The summed E-state index contributed by atoms with van der Waals surface area (Å²) in [5.41, 5.74) is 14.5. The lowest BCUT2D eigenvalue weighted by Crippen LogP contribution is -2.38. The first-order chi connectivity index (χ1) is 28.3. The molecule has 0 spiro atoms. The Bertz CT molecular complexity index is 3050. The third-order valence-electron chi connectivity index (χ3n) is 12.1. The van der Waals surface area contributed by atoms with E-state index in [9.17, 15) is 0 Å². The van der Waals surface area contributed by atoms with Crippen LogP contribution in [-0.2, 0) is 11.0 Å². The number of nitrogens with zero attached hydrogens (tertiary/aromatic N) is 6. The number of benzene rings is 7. The summed E-state index contributed by atoms with van der Waals surface area (Å²) in [5, 5.41) is 2.28. The van der Waals surface area contributed by atoms with Crippen LogP contribution in [0.5, 0.6) is 0 Å². The molecule has 0 aliphatic carbocycles. The molecule has 7 aromatic carbocycles. The van der Waals surface area contributed by atoms with Crippen molar-refractivity contribution in [3.8, 4) is 51.0 Å². The molecule has 11 rings (SSSR count). The Kier molecular flexibility index (Phi) is 7.45. The van der Waals surface area contributed by atoms with Crippen LogP contribution in [0.4, 0.5) is 11.4 Å². The normalized spacial score (nSPS) is 14.7. The molecule has 6 heteroatoms. The molecule has 278 valence electrons. The number of hydrogen-bond acceptors (Lipinski definition) is 5. The van der Waals surface area contributed by atoms with Crippen molar-refractivity contribution >= 4 is 39.5 Å². The zero-order valence-corrected chi connectivity index (χ0v) is 32.8. The Morgan fingerprint density at radius 1 is 0.466 bits per heavy atom. The summed E-state index contributed by atoms with van der Waals surface area (Å²) in [4.78, 5) is 22.6. The van der Waals surface area contributed by atoms with Crippen LogP contribution in [0.25, 0.3) is 72.8 Å². The van der Waals surface area contributed by atoms with Crippen molar-refractivity contribution < 1.29 is 0 Å². The summed E-state index contributed by atoms with van der Waals surface area (Å²) >= 11 is 0. The Morgan fingerprint density at radius 2 is 1.07 bits per heavy atom. The first-order valence-electron chi connectivity index (χ1n) is 19.9. The van der Waals surface area contributed by atoms with Crippen molar-refractivity contribution in [3.05, 3.63) is 180 Å². The van der Waals surface area contributed by atoms with E-state index in [-0.39, 0.29) is 11.0 Å². The van der Waals surface area contributed by atoms with Crippen LogP contribution >= 0.6 is 0 Å². The van der Waals surface area contributed by atoms with Crippen molar-refractivity contribution in [2.75, 3.05) is 4.90 Å². The molecule has 9 aromatic rings. The number of hydrogen-bond donors (Lipinski definition) is 0. The summed E-state index contributed by atoms with van der Waals surface area (Å²) in [6.45, 7) is 9.15. The maximum atomic E-state index is 5.13. The second kappa shape index (κ2) is 12.7. The fourth-order valence-corrected chi connectivity index (χ4v) is 9.18. The lowest BCUT2D eigenvalue weighted by atomic mass is 9.70. The van der Waals surface area contributed by atoms with E-state index in [1.807, 2.05) is 67.0 Å². The van der Waals surface area contributed by atoms with E-state index in [0.29, 0.717) is 17.6 Å². The molecule has 0 unspecified atom stereocenters. The number of fused-ring (bicyclic) bond motifs is 5. The molecule has 2 aliphatic rings. The number of anilines is 2. The lowest BCUT2D eigenvalue weighted by molar-refractivity contribution is 0.547. The molecule has 0 radical (unpaired) electrons. The first kappa shape index (κ1) is 34.1. The summed E-state index contributed by atoms with van der Waals surface area (Å²) in [6.07, 6.45) is 2.03. The predicted molar refractivity (Wildman–Crippen MR) is 238 cm³/mol. The van der Waals surface area contributed by atoms with Crippen LogP contribution in [0.1, 0.15) is 44.4 Å². The molecule has 0 bridgehead atoms. The minimum atomic E-state index is -0.389. The number of aliphatic imine (C=N–C) groups is 1. The number of para-hydroxylation sites is 2. The molecule has 4 heterocycles. The van der Waals surface area contributed by atoms with Gasteiger partial charge in [0.05, 0.1) is 34.3 Å². The van der Waals surface area contributed by atoms with Gasteiger partial charge in [0.1, 0.15) is 0 Å². The van der Waals surface area contributed by atoms with Gasteiger partial charge in [0, 0.05) is 32.9 Å². The van der Waals surface area contributed by atoms with Gasteiger partial charge in [0.2, 0.25) is 5.95 Å². The highest BCUT2D eigenvalue weighted by Gasteiger charge is 2.42. The maximum absolute atomic E-state index is 5.13. The van der Waals surface area contributed by atoms with Gasteiger partial charge in [0.15, 0.2) is 11.6 Å².